The number of oxime groups is 1. The van der Waals surface area contributed by atoms with Gasteiger partial charge in [0.1, 0.15) is 5.69 Å². The Hall–Kier alpha value is -1.96. The van der Waals surface area contributed by atoms with Crippen molar-refractivity contribution in [2.24, 2.45) is 5.16 Å². The van der Waals surface area contributed by atoms with E-state index in [0.29, 0.717) is 22.6 Å². The smallest absolute Gasteiger partial charge is 0.204 e. The predicted octanol–water partition coefficient (Wildman–Crippen LogP) is 4.81. The fourth-order valence-electron chi connectivity index (χ4n) is 3.84. The Bertz CT molecular complexity index is 1170. The molecule has 2 atom stereocenters. The van der Waals surface area contributed by atoms with E-state index in [1.807, 2.05) is 6.92 Å². The first-order valence-electron chi connectivity index (χ1n) is 8.97. The average molecular weight is 453 g/mol. The van der Waals surface area contributed by atoms with Crippen LogP contribution in [-0.2, 0) is 19.4 Å². The van der Waals surface area contributed by atoms with Gasteiger partial charge in [-0.2, -0.15) is 0 Å². The molecule has 0 spiro atoms. The summed E-state index contributed by atoms with van der Waals surface area (Å²) in [6, 6.07) is 6.27. The summed E-state index contributed by atoms with van der Waals surface area (Å²) in [6.07, 6.45) is 1.42. The number of ketones is 1. The van der Waals surface area contributed by atoms with E-state index in [0.717, 1.165) is 5.71 Å². The lowest BCUT2D eigenvalue weighted by Crippen LogP contribution is -2.43. The number of carbonyl (C=O) groups is 1. The van der Waals surface area contributed by atoms with Gasteiger partial charge in [0.15, 0.2) is 21.2 Å². The first-order chi connectivity index (χ1) is 13.6. The first kappa shape index (κ1) is 20.3. The number of halogens is 2. The SMILES string of the molecule is CC1=NOC(c2c(Cl)ccc(C3C(=O)c4ncccc4C(C)(C)S3(=O)=O)c2Cl)C1. The molecule has 152 valence electrons. The van der Waals surface area contributed by atoms with Gasteiger partial charge in [-0.3, -0.25) is 9.78 Å². The van der Waals surface area contributed by atoms with Gasteiger partial charge < -0.3 is 4.84 Å². The van der Waals surface area contributed by atoms with Crippen LogP contribution in [0, 0.1) is 0 Å². The number of hydrogen-bond donors (Lipinski definition) is 0. The molecule has 4 rings (SSSR count). The van der Waals surface area contributed by atoms with Gasteiger partial charge in [-0.15, -0.1) is 0 Å². The molecular formula is C20H18Cl2N2O4S. The largest absolute Gasteiger partial charge is 0.387 e. The van der Waals surface area contributed by atoms with Gasteiger partial charge in [-0.25, -0.2) is 8.42 Å². The van der Waals surface area contributed by atoms with Crippen LogP contribution in [0.25, 0.3) is 0 Å². The maximum Gasteiger partial charge on any atom is 0.204 e. The molecule has 9 heteroatoms. The van der Waals surface area contributed by atoms with Gasteiger partial charge >= 0.3 is 0 Å². The lowest BCUT2D eigenvalue weighted by atomic mass is 9.93. The van der Waals surface area contributed by atoms with Crippen LogP contribution in [-0.4, -0.2) is 24.9 Å². The van der Waals surface area contributed by atoms with Crippen molar-refractivity contribution >= 4 is 44.5 Å². The molecule has 1 aromatic heterocycles. The molecule has 0 bridgehead atoms. The van der Waals surface area contributed by atoms with Crippen molar-refractivity contribution in [3.05, 3.63) is 62.9 Å². The number of sulfone groups is 1. The van der Waals surface area contributed by atoms with Crippen LogP contribution in [0.4, 0.5) is 0 Å². The summed E-state index contributed by atoms with van der Waals surface area (Å²) in [4.78, 5) is 22.8. The van der Waals surface area contributed by atoms with Crippen LogP contribution in [0.15, 0.2) is 35.6 Å². The summed E-state index contributed by atoms with van der Waals surface area (Å²) in [5.41, 5.74) is 1.90. The fraction of sp³-hybridized carbons (Fsp3) is 0.350. The second kappa shape index (κ2) is 6.79. The molecule has 0 saturated carbocycles. The van der Waals surface area contributed by atoms with E-state index in [1.54, 1.807) is 32.0 Å². The van der Waals surface area contributed by atoms with Gasteiger partial charge in [0, 0.05) is 28.8 Å². The predicted molar refractivity (Wildman–Crippen MR) is 111 cm³/mol. The van der Waals surface area contributed by atoms with E-state index in [9.17, 15) is 13.2 Å². The molecule has 0 aliphatic carbocycles. The van der Waals surface area contributed by atoms with Crippen LogP contribution in [0.2, 0.25) is 10.0 Å². The second-order valence-corrected chi connectivity index (χ2v) is 11.1. The van der Waals surface area contributed by atoms with E-state index in [-0.39, 0.29) is 16.3 Å². The molecule has 2 aliphatic rings. The quantitative estimate of drug-likeness (QED) is 0.651. The Labute approximate surface area is 178 Å². The number of carbonyl (C=O) groups excluding carboxylic acids is 1. The highest BCUT2D eigenvalue weighted by molar-refractivity contribution is 7.93. The van der Waals surface area contributed by atoms with Crippen molar-refractivity contribution in [1.29, 1.82) is 0 Å². The third kappa shape index (κ3) is 2.90. The standard InChI is InChI=1S/C20H18Cl2N2O4S/c1-10-9-14(28-24-10)15-13(21)7-6-11(16(15)22)19-18(25)17-12(5-4-8-23-17)20(2,3)29(19,26)27/h4-8,14,19H,9H2,1-3H3. The number of hydrogen-bond acceptors (Lipinski definition) is 6. The number of benzene rings is 1. The number of Topliss-reactive ketones (excluding diaryl/α,β-unsaturated/α-hetero) is 1. The highest BCUT2D eigenvalue weighted by atomic mass is 35.5. The average Bonchev–Trinajstić information content (AvgIpc) is 3.08. The molecule has 1 aromatic carbocycles. The molecule has 0 amide bonds. The van der Waals surface area contributed by atoms with E-state index in [2.05, 4.69) is 10.1 Å². The zero-order chi connectivity index (χ0) is 21.1. The maximum atomic E-state index is 13.5. The Morgan fingerprint density at radius 3 is 2.59 bits per heavy atom. The summed E-state index contributed by atoms with van der Waals surface area (Å²) in [7, 11) is -3.99. The molecule has 0 radical (unpaired) electrons. The van der Waals surface area contributed by atoms with Crippen molar-refractivity contribution in [3.63, 3.8) is 0 Å². The highest BCUT2D eigenvalue weighted by Gasteiger charge is 2.53. The lowest BCUT2D eigenvalue weighted by molar-refractivity contribution is 0.0857. The zero-order valence-electron chi connectivity index (χ0n) is 15.9. The number of pyridine rings is 1. The molecule has 2 aliphatic heterocycles. The number of aromatic nitrogens is 1. The molecule has 6 nitrogen and oxygen atoms in total. The van der Waals surface area contributed by atoms with Gasteiger partial charge in [0.05, 0.1) is 15.5 Å². The van der Waals surface area contributed by atoms with Crippen LogP contribution in [0.1, 0.15) is 65.7 Å². The van der Waals surface area contributed by atoms with Crippen molar-refractivity contribution in [3.8, 4) is 0 Å². The molecule has 2 aromatic rings. The Kier molecular flexibility index (Phi) is 4.76. The summed E-state index contributed by atoms with van der Waals surface area (Å²) < 4.78 is 25.8. The van der Waals surface area contributed by atoms with Gasteiger partial charge in [-0.1, -0.05) is 40.5 Å². The van der Waals surface area contributed by atoms with Crippen LogP contribution in [0.3, 0.4) is 0 Å². The molecule has 0 saturated heterocycles. The van der Waals surface area contributed by atoms with Crippen LogP contribution < -0.4 is 0 Å². The maximum absolute atomic E-state index is 13.5. The van der Waals surface area contributed by atoms with Crippen LogP contribution in [0.5, 0.6) is 0 Å². The molecular weight excluding hydrogens is 435 g/mol. The molecule has 0 N–H and O–H groups in total. The molecule has 3 heterocycles. The second-order valence-electron chi connectivity index (χ2n) is 7.69. The fourth-order valence-corrected chi connectivity index (χ4v) is 6.62. The topological polar surface area (TPSA) is 85.7 Å². The number of nitrogens with zero attached hydrogens (tertiary/aromatic N) is 2. The summed E-state index contributed by atoms with van der Waals surface area (Å²) in [5.74, 6) is -0.602. The first-order valence-corrected chi connectivity index (χ1v) is 11.3. The lowest BCUT2D eigenvalue weighted by Gasteiger charge is -2.36. The van der Waals surface area contributed by atoms with Crippen molar-refractivity contribution < 1.29 is 18.0 Å². The minimum Gasteiger partial charge on any atom is -0.387 e. The van der Waals surface area contributed by atoms with Gasteiger partial charge in [0.2, 0.25) is 5.78 Å². The zero-order valence-corrected chi connectivity index (χ0v) is 18.3. The van der Waals surface area contributed by atoms with Gasteiger partial charge in [-0.05, 0) is 38.5 Å². The third-order valence-corrected chi connectivity index (χ3v) is 9.01. The summed E-state index contributed by atoms with van der Waals surface area (Å²) in [5, 5.41) is 2.87. The third-order valence-electron chi connectivity index (χ3n) is 5.53. The molecule has 0 fully saturated rings. The van der Waals surface area contributed by atoms with E-state index in [1.165, 1.54) is 12.3 Å². The Morgan fingerprint density at radius 1 is 1.21 bits per heavy atom. The number of fused-ring (bicyclic) bond motifs is 1. The van der Waals surface area contributed by atoms with Gasteiger partial charge in [0.25, 0.3) is 0 Å². The van der Waals surface area contributed by atoms with E-state index < -0.39 is 31.7 Å². The monoisotopic (exact) mass is 452 g/mol. The van der Waals surface area contributed by atoms with E-state index in [4.69, 9.17) is 28.0 Å². The minimum absolute atomic E-state index is 0.101. The van der Waals surface area contributed by atoms with Crippen LogP contribution >= 0.6 is 23.2 Å². The molecule has 2 unspecified atom stereocenters. The van der Waals surface area contributed by atoms with Crippen molar-refractivity contribution in [2.45, 2.75) is 43.3 Å². The van der Waals surface area contributed by atoms with Crippen molar-refractivity contribution in [1.82, 2.24) is 4.98 Å². The number of rotatable bonds is 2. The normalized spacial score (nSPS) is 24.6. The molecule has 29 heavy (non-hydrogen) atoms. The Morgan fingerprint density at radius 2 is 1.93 bits per heavy atom. The summed E-state index contributed by atoms with van der Waals surface area (Å²) >= 11 is 13.0. The van der Waals surface area contributed by atoms with Crippen molar-refractivity contribution in [2.75, 3.05) is 0 Å². The highest BCUT2D eigenvalue weighted by Crippen LogP contribution is 2.49. The summed E-state index contributed by atoms with van der Waals surface area (Å²) in [6.45, 7) is 4.96. The van der Waals surface area contributed by atoms with E-state index >= 15 is 0 Å². The Balaban J connectivity index is 1.93. The minimum atomic E-state index is -3.99.